The topological polar surface area (TPSA) is 64.6 Å². The zero-order valence-electron chi connectivity index (χ0n) is 9.36. The van der Waals surface area contributed by atoms with Crippen molar-refractivity contribution < 1.29 is 19.1 Å². The zero-order valence-corrected chi connectivity index (χ0v) is 10.3. The van der Waals surface area contributed by atoms with Gasteiger partial charge in [0.15, 0.2) is 0 Å². The molecule has 0 unspecified atom stereocenters. The number of esters is 1. The number of carbonyl (C=O) groups is 2. The molecule has 0 radical (unpaired) electrons. The van der Waals surface area contributed by atoms with Crippen molar-refractivity contribution in [2.45, 2.75) is 32.4 Å². The molecule has 1 N–H and O–H groups in total. The summed E-state index contributed by atoms with van der Waals surface area (Å²) >= 11 is 3.92. The van der Waals surface area contributed by atoms with E-state index in [9.17, 15) is 9.59 Å². The van der Waals surface area contributed by atoms with Gasteiger partial charge in [-0.05, 0) is 20.8 Å². The van der Waals surface area contributed by atoms with E-state index in [2.05, 4.69) is 22.7 Å². The van der Waals surface area contributed by atoms with Crippen LogP contribution in [0.25, 0.3) is 0 Å². The van der Waals surface area contributed by atoms with E-state index < -0.39 is 23.7 Å². The van der Waals surface area contributed by atoms with Gasteiger partial charge in [-0.25, -0.2) is 9.59 Å². The molecule has 0 saturated heterocycles. The first-order valence-corrected chi connectivity index (χ1v) is 5.11. The summed E-state index contributed by atoms with van der Waals surface area (Å²) in [5, 5.41) is 2.36. The van der Waals surface area contributed by atoms with Crippen molar-refractivity contribution in [1.29, 1.82) is 0 Å². The molecule has 0 rings (SSSR count). The number of hydrogen-bond acceptors (Lipinski definition) is 5. The molecule has 0 aliphatic carbocycles. The molecule has 0 bridgehead atoms. The van der Waals surface area contributed by atoms with E-state index in [0.717, 1.165) is 0 Å². The lowest BCUT2D eigenvalue weighted by atomic mass is 10.2. The smallest absolute Gasteiger partial charge is 0.408 e. The Morgan fingerprint density at radius 3 is 2.27 bits per heavy atom. The van der Waals surface area contributed by atoms with Crippen LogP contribution in [0.3, 0.4) is 0 Å². The molecule has 0 saturated carbocycles. The summed E-state index contributed by atoms with van der Waals surface area (Å²) < 4.78 is 9.45. The third-order valence-electron chi connectivity index (χ3n) is 1.36. The third kappa shape index (κ3) is 6.22. The summed E-state index contributed by atoms with van der Waals surface area (Å²) in [6.45, 7) is 5.21. The average molecular weight is 238 g/mol. The Hall–Kier alpha value is -0.910. The number of ether oxygens (including phenoxy) is 2. The first-order chi connectivity index (χ1) is 6.80. The van der Waals surface area contributed by atoms with Crippen LogP contribution in [0.5, 0.6) is 0 Å². The van der Waals surface area contributed by atoms with Crippen molar-refractivity contribution >= 4 is 24.7 Å². The van der Waals surface area contributed by atoms with Crippen LogP contribution in [0.2, 0.25) is 0 Å². The molecular weight excluding hydrogens is 221 g/mol. The number of carbonyl (C=O) groups excluding carboxylic acids is 2. The second-order valence-electron chi connectivity index (χ2n) is 3.90. The minimum Gasteiger partial charge on any atom is -0.467 e. The van der Waals surface area contributed by atoms with Gasteiger partial charge in [0, 0.05) is 5.75 Å². The first-order valence-electron chi connectivity index (χ1n) is 4.48. The first kappa shape index (κ1) is 14.1. The maximum Gasteiger partial charge on any atom is 0.408 e. The molecule has 88 valence electrons. The third-order valence-corrected chi connectivity index (χ3v) is 1.72. The van der Waals surface area contributed by atoms with Crippen LogP contribution >= 0.6 is 12.6 Å². The highest BCUT2D eigenvalue weighted by molar-refractivity contribution is 7.80. The number of rotatable bonds is 3. The van der Waals surface area contributed by atoms with Crippen molar-refractivity contribution in [3.63, 3.8) is 0 Å². The van der Waals surface area contributed by atoms with Gasteiger partial charge >= 0.3 is 12.1 Å². The van der Waals surface area contributed by atoms with Gasteiger partial charge in [-0.1, -0.05) is 0 Å². The lowest BCUT2D eigenvalue weighted by molar-refractivity contribution is -0.142. The zero-order chi connectivity index (χ0) is 12.1. The molecule has 5 nitrogen and oxygen atoms in total. The van der Waals surface area contributed by atoms with Crippen molar-refractivity contribution in [1.82, 2.24) is 5.32 Å². The average Bonchev–Trinajstić information content (AvgIpc) is 2.10. The van der Waals surface area contributed by atoms with Gasteiger partial charge in [-0.2, -0.15) is 12.6 Å². The summed E-state index contributed by atoms with van der Waals surface area (Å²) in [5.74, 6) is -0.387. The fourth-order valence-corrected chi connectivity index (χ4v) is 1.01. The number of alkyl carbamates (subject to hydrolysis) is 1. The Bertz CT molecular complexity index is 237. The van der Waals surface area contributed by atoms with Crippen LogP contribution < -0.4 is 5.32 Å². The normalized spacial score (nSPS) is 12.9. The monoisotopic (exact) mass is 238 g/mol. The molecule has 1 amide bonds. The maximum absolute atomic E-state index is 11.3. The molecule has 0 spiro atoms. The van der Waals surface area contributed by atoms with E-state index in [1.54, 1.807) is 20.8 Å². The Balaban J connectivity index is 4.20. The minimum absolute atomic E-state index is 0.159. The van der Waals surface area contributed by atoms with E-state index >= 15 is 0 Å². The largest absolute Gasteiger partial charge is 0.467 e. The number of nitrogens with one attached hydrogen (secondary N) is 1. The van der Waals surface area contributed by atoms with Crippen LogP contribution in [0.4, 0.5) is 4.79 Å². The number of methoxy groups -OCH3 is 1. The van der Waals surface area contributed by atoms with Gasteiger partial charge in [0.2, 0.25) is 0 Å². The lowest BCUT2D eigenvalue weighted by Gasteiger charge is -2.21. The fraction of sp³-hybridized carbons (Fsp3) is 0.778. The van der Waals surface area contributed by atoms with E-state index in [-0.39, 0.29) is 5.75 Å². The van der Waals surface area contributed by atoms with Crippen molar-refractivity contribution in [2.75, 3.05) is 12.9 Å². The van der Waals surface area contributed by atoms with Gasteiger partial charge in [-0.3, -0.25) is 0 Å². The highest BCUT2D eigenvalue weighted by Gasteiger charge is 2.23. The quantitative estimate of drug-likeness (QED) is 0.437. The van der Waals surface area contributed by atoms with Crippen LogP contribution in [-0.4, -0.2) is 36.6 Å². The Morgan fingerprint density at radius 1 is 1.40 bits per heavy atom. The predicted octanol–water partition coefficient (Wildman–Crippen LogP) is 0.983. The molecule has 0 aromatic carbocycles. The standard InChI is InChI=1S/C9H17NO4S/c1-9(2,3)14-8(12)10-6(5-15)7(11)13-4/h6,15H,5H2,1-4H3,(H,10,12)/t6-/m1/s1/i5+1,6+1,7+1. The Morgan fingerprint density at radius 2 is 1.93 bits per heavy atom. The molecular formula is C9H17NO4S. The van der Waals surface area contributed by atoms with Crippen LogP contribution in [0.15, 0.2) is 0 Å². The molecule has 0 heterocycles. The van der Waals surface area contributed by atoms with Gasteiger partial charge in [0.25, 0.3) is 0 Å². The summed E-state index contributed by atoms with van der Waals surface area (Å²) in [6.07, 6.45) is -0.660. The summed E-state index contributed by atoms with van der Waals surface area (Å²) in [4.78, 5) is 22.4. The molecule has 0 aromatic heterocycles. The van der Waals surface area contributed by atoms with Crippen LogP contribution in [0, 0.1) is 0 Å². The van der Waals surface area contributed by atoms with Crippen LogP contribution in [0.1, 0.15) is 20.8 Å². The van der Waals surface area contributed by atoms with Gasteiger partial charge in [-0.15, -0.1) is 0 Å². The molecule has 0 fully saturated rings. The molecule has 0 aliphatic rings. The second kappa shape index (κ2) is 5.85. The minimum atomic E-state index is -0.784. The van der Waals surface area contributed by atoms with Gasteiger partial charge in [0.1, 0.15) is 11.6 Å². The molecule has 1 atom stereocenters. The highest BCUT2D eigenvalue weighted by Crippen LogP contribution is 2.07. The molecule has 0 aromatic rings. The molecule has 0 aliphatic heterocycles. The predicted molar refractivity (Wildman–Crippen MR) is 59.0 cm³/mol. The highest BCUT2D eigenvalue weighted by atomic mass is 32.1. The lowest BCUT2D eigenvalue weighted by Crippen LogP contribution is -2.45. The molecule has 6 heteroatoms. The number of hydrogen-bond donors (Lipinski definition) is 2. The Kier molecular flexibility index (Phi) is 5.49. The second-order valence-corrected chi connectivity index (χ2v) is 4.27. The SMILES string of the molecule is CO[13C](=O)[13C@@H]([13CH2]S)NC(=O)OC(C)(C)C. The van der Waals surface area contributed by atoms with E-state index in [0.29, 0.717) is 0 Å². The number of thiol groups is 1. The van der Waals surface area contributed by atoms with E-state index in [1.165, 1.54) is 7.11 Å². The number of amides is 1. The van der Waals surface area contributed by atoms with E-state index in [1.807, 2.05) is 0 Å². The van der Waals surface area contributed by atoms with Crippen molar-refractivity contribution in [3.8, 4) is 0 Å². The van der Waals surface area contributed by atoms with E-state index in [4.69, 9.17) is 4.74 Å². The van der Waals surface area contributed by atoms with Crippen molar-refractivity contribution in [2.24, 2.45) is 0 Å². The van der Waals surface area contributed by atoms with Crippen LogP contribution in [-0.2, 0) is 14.3 Å². The van der Waals surface area contributed by atoms with Crippen molar-refractivity contribution in [3.05, 3.63) is 0 Å². The Labute approximate surface area is 94.9 Å². The maximum atomic E-state index is 11.3. The summed E-state index contributed by atoms with van der Waals surface area (Å²) in [7, 11) is 1.25. The fourth-order valence-electron chi connectivity index (χ4n) is 0.771. The summed E-state index contributed by atoms with van der Waals surface area (Å²) in [6, 6.07) is -0.784. The molecule has 15 heavy (non-hydrogen) atoms. The summed E-state index contributed by atoms with van der Waals surface area (Å²) in [5.41, 5.74) is -0.596. The van der Waals surface area contributed by atoms with Gasteiger partial charge < -0.3 is 14.8 Å². The van der Waals surface area contributed by atoms with Gasteiger partial charge in [0.05, 0.1) is 7.11 Å².